The first-order valence-corrected chi connectivity index (χ1v) is 4.26. The molecular weight excluding hydrogens is 102 g/mol. The lowest BCUT2D eigenvalue weighted by molar-refractivity contribution is 0.520. The Morgan fingerprint density at radius 1 is 1.57 bits per heavy atom. The van der Waals surface area contributed by atoms with Crippen molar-refractivity contribution in [1.29, 1.82) is 0 Å². The van der Waals surface area contributed by atoms with Crippen molar-refractivity contribution in [2.24, 2.45) is 0 Å². The normalized spacial score (nSPS) is 33.4. The fourth-order valence-electron chi connectivity index (χ4n) is 1.03. The summed E-state index contributed by atoms with van der Waals surface area (Å²) in [6, 6.07) is 0. The third-order valence-electron chi connectivity index (χ3n) is 1.54. The predicted octanol–water partition coefficient (Wildman–Crippen LogP) is -0.476. The first-order valence-electron chi connectivity index (χ1n) is 3.10. The van der Waals surface area contributed by atoms with Crippen molar-refractivity contribution >= 4 is 10.2 Å². The molecule has 1 rings (SSSR count). The van der Waals surface area contributed by atoms with E-state index in [1.165, 1.54) is 36.2 Å². The van der Waals surface area contributed by atoms with Crippen molar-refractivity contribution < 1.29 is 0 Å². The van der Waals surface area contributed by atoms with Gasteiger partial charge in [-0.05, 0) is 25.1 Å². The molecule has 0 aromatic heterocycles. The summed E-state index contributed by atoms with van der Waals surface area (Å²) in [4.78, 5) is 0. The van der Waals surface area contributed by atoms with Crippen LogP contribution in [0.3, 0.4) is 0 Å². The molecule has 0 aromatic carbocycles. The van der Waals surface area contributed by atoms with Crippen molar-refractivity contribution in [1.82, 2.24) is 5.32 Å². The zero-order valence-electron chi connectivity index (χ0n) is 4.91. The van der Waals surface area contributed by atoms with Crippen LogP contribution < -0.4 is 5.32 Å². The topological polar surface area (TPSA) is 12.0 Å². The second kappa shape index (κ2) is 2.48. The van der Waals surface area contributed by atoms with Crippen molar-refractivity contribution in [2.45, 2.75) is 18.4 Å². The van der Waals surface area contributed by atoms with Crippen LogP contribution in [0, 0.1) is 0 Å². The zero-order valence-corrected chi connectivity index (χ0v) is 6.91. The predicted molar refractivity (Wildman–Crippen MR) is 35.8 cm³/mol. The van der Waals surface area contributed by atoms with Crippen LogP contribution in [0.1, 0.15) is 12.8 Å². The van der Waals surface area contributed by atoms with E-state index in [1.807, 2.05) is 0 Å². The second-order valence-corrected chi connectivity index (χ2v) is 4.08. The van der Waals surface area contributed by atoms with Gasteiger partial charge >= 0.3 is 0 Å². The van der Waals surface area contributed by atoms with Crippen LogP contribution in [0.5, 0.6) is 0 Å². The molecule has 0 aliphatic carbocycles. The highest BCUT2D eigenvalue weighted by molar-refractivity contribution is 6.11. The van der Waals surface area contributed by atoms with Gasteiger partial charge in [-0.1, -0.05) is 6.42 Å². The Kier molecular flexibility index (Phi) is 1.88. The van der Waals surface area contributed by atoms with Gasteiger partial charge in [0.1, 0.15) is 0 Å². The van der Waals surface area contributed by atoms with Gasteiger partial charge in [-0.3, -0.25) is 0 Å². The molecule has 1 unspecified atom stereocenters. The van der Waals surface area contributed by atoms with E-state index in [0.29, 0.717) is 0 Å². The molecule has 1 N–H and O–H groups in total. The maximum atomic E-state index is 3.37. The fraction of sp³-hybridized carbons (Fsp3) is 1.00. The standard InChI is InChI=1S/C5H13NSi/c7-5-2-1-3-6-4-5/h5-6H,1-4H2,7H3. The fourth-order valence-corrected chi connectivity index (χ4v) is 1.72. The molecule has 1 aliphatic rings. The molecule has 0 bridgehead atoms. The molecule has 1 aliphatic heterocycles. The highest BCUT2D eigenvalue weighted by Gasteiger charge is 2.04. The molecule has 0 saturated carbocycles. The lowest BCUT2D eigenvalue weighted by atomic mass is 10.2. The van der Waals surface area contributed by atoms with Crippen LogP contribution in [-0.4, -0.2) is 23.3 Å². The largest absolute Gasteiger partial charge is 0.317 e. The van der Waals surface area contributed by atoms with Gasteiger partial charge in [0.05, 0.1) is 0 Å². The summed E-state index contributed by atoms with van der Waals surface area (Å²) < 4.78 is 0. The van der Waals surface area contributed by atoms with Crippen LogP contribution in [0.4, 0.5) is 0 Å². The van der Waals surface area contributed by atoms with Crippen molar-refractivity contribution in [3.63, 3.8) is 0 Å². The number of piperidine rings is 1. The van der Waals surface area contributed by atoms with Gasteiger partial charge in [-0.15, -0.1) is 0 Å². The number of rotatable bonds is 0. The molecule has 42 valence electrons. The van der Waals surface area contributed by atoms with Gasteiger partial charge < -0.3 is 5.32 Å². The highest BCUT2D eigenvalue weighted by atomic mass is 28.1. The Morgan fingerprint density at radius 2 is 2.43 bits per heavy atom. The number of hydrogen-bond acceptors (Lipinski definition) is 1. The van der Waals surface area contributed by atoms with Crippen LogP contribution in [0.2, 0.25) is 5.54 Å². The van der Waals surface area contributed by atoms with Gasteiger partial charge in [0, 0.05) is 10.2 Å². The first kappa shape index (κ1) is 5.32. The molecule has 1 nitrogen and oxygen atoms in total. The lowest BCUT2D eigenvalue weighted by Gasteiger charge is -2.17. The van der Waals surface area contributed by atoms with Crippen LogP contribution in [-0.2, 0) is 0 Å². The van der Waals surface area contributed by atoms with Crippen molar-refractivity contribution in [3.05, 3.63) is 0 Å². The minimum atomic E-state index is 1.06. The lowest BCUT2D eigenvalue weighted by Crippen LogP contribution is -2.26. The molecule has 7 heavy (non-hydrogen) atoms. The first-order chi connectivity index (χ1) is 3.39. The van der Waals surface area contributed by atoms with Crippen LogP contribution in [0.15, 0.2) is 0 Å². The van der Waals surface area contributed by atoms with E-state index in [-0.39, 0.29) is 0 Å². The average Bonchev–Trinajstić information content (AvgIpc) is 1.69. The quantitative estimate of drug-likeness (QED) is 0.421. The van der Waals surface area contributed by atoms with Gasteiger partial charge in [0.15, 0.2) is 0 Å². The van der Waals surface area contributed by atoms with E-state index in [2.05, 4.69) is 5.32 Å². The maximum Gasteiger partial charge on any atom is 0.00834 e. The van der Waals surface area contributed by atoms with E-state index in [4.69, 9.17) is 0 Å². The summed E-state index contributed by atoms with van der Waals surface area (Å²) in [6.45, 7) is 2.56. The van der Waals surface area contributed by atoms with Crippen LogP contribution in [0.25, 0.3) is 0 Å². The van der Waals surface area contributed by atoms with E-state index in [1.54, 1.807) is 0 Å². The number of hydrogen-bond donors (Lipinski definition) is 1. The van der Waals surface area contributed by atoms with E-state index >= 15 is 0 Å². The molecule has 1 fully saturated rings. The van der Waals surface area contributed by atoms with Gasteiger partial charge in [0.25, 0.3) is 0 Å². The zero-order chi connectivity index (χ0) is 5.11. The molecule has 0 aromatic rings. The molecule has 0 amide bonds. The molecule has 1 atom stereocenters. The van der Waals surface area contributed by atoms with E-state index < -0.39 is 0 Å². The second-order valence-electron chi connectivity index (χ2n) is 2.45. The third kappa shape index (κ3) is 1.61. The Bertz CT molecular complexity index is 50.0. The van der Waals surface area contributed by atoms with Crippen molar-refractivity contribution in [2.75, 3.05) is 13.1 Å². The summed E-state index contributed by atoms with van der Waals surface area (Å²) in [5, 5.41) is 3.37. The molecule has 0 spiro atoms. The average molecular weight is 115 g/mol. The number of nitrogens with one attached hydrogen (secondary N) is 1. The third-order valence-corrected chi connectivity index (χ3v) is 2.53. The van der Waals surface area contributed by atoms with Gasteiger partial charge in [-0.2, -0.15) is 0 Å². The van der Waals surface area contributed by atoms with Gasteiger partial charge in [0.2, 0.25) is 0 Å². The Morgan fingerprint density at radius 3 is 2.71 bits per heavy atom. The molecule has 1 heterocycles. The summed E-state index contributed by atoms with van der Waals surface area (Å²) in [5.74, 6) is 0. The smallest absolute Gasteiger partial charge is 0.00834 e. The molecule has 1 saturated heterocycles. The minimum absolute atomic E-state index is 1.06. The Hall–Kier alpha value is 0.177. The summed E-state index contributed by atoms with van der Waals surface area (Å²) in [6.07, 6.45) is 2.90. The monoisotopic (exact) mass is 115 g/mol. The SMILES string of the molecule is [SiH3]C1CCCNC1. The Balaban J connectivity index is 2.12. The molecule has 2 heteroatoms. The maximum absolute atomic E-state index is 3.37. The van der Waals surface area contributed by atoms with E-state index in [9.17, 15) is 0 Å². The summed E-state index contributed by atoms with van der Waals surface area (Å²) in [7, 11) is 1.39. The van der Waals surface area contributed by atoms with Crippen molar-refractivity contribution in [3.8, 4) is 0 Å². The molecular formula is C5H13NSi. The minimum Gasteiger partial charge on any atom is -0.317 e. The van der Waals surface area contributed by atoms with Gasteiger partial charge in [-0.25, -0.2) is 0 Å². The summed E-state index contributed by atoms with van der Waals surface area (Å²) in [5.41, 5.74) is 1.06. The Labute approximate surface area is 47.9 Å². The molecule has 0 radical (unpaired) electrons. The highest BCUT2D eigenvalue weighted by Crippen LogP contribution is 2.09. The van der Waals surface area contributed by atoms with Crippen LogP contribution >= 0.6 is 0 Å². The van der Waals surface area contributed by atoms with E-state index in [0.717, 1.165) is 5.54 Å². The summed E-state index contributed by atoms with van der Waals surface area (Å²) >= 11 is 0.